The van der Waals surface area contributed by atoms with Crippen molar-refractivity contribution in [2.75, 3.05) is 5.75 Å². The lowest BCUT2D eigenvalue weighted by molar-refractivity contribution is 0.0947. The predicted molar refractivity (Wildman–Crippen MR) is 83.1 cm³/mol. The van der Waals surface area contributed by atoms with Crippen molar-refractivity contribution in [3.8, 4) is 11.3 Å². The van der Waals surface area contributed by atoms with E-state index < -0.39 is 15.9 Å². The average molecular weight is 317 g/mol. The first kappa shape index (κ1) is 14.6. The summed E-state index contributed by atoms with van der Waals surface area (Å²) >= 11 is 0. The Kier molecular flexibility index (Phi) is 3.62. The van der Waals surface area contributed by atoms with Gasteiger partial charge in [0.1, 0.15) is 11.5 Å². The zero-order valence-corrected chi connectivity index (χ0v) is 12.8. The summed E-state index contributed by atoms with van der Waals surface area (Å²) in [5, 5.41) is 3.84. The van der Waals surface area contributed by atoms with Crippen LogP contribution in [0.2, 0.25) is 0 Å². The van der Waals surface area contributed by atoms with Crippen molar-refractivity contribution in [3.05, 3.63) is 59.2 Å². The van der Waals surface area contributed by atoms with Gasteiger partial charge in [-0.05, 0) is 37.3 Å². The lowest BCUT2D eigenvalue weighted by Gasteiger charge is -2.10. The molecule has 22 heavy (non-hydrogen) atoms. The molecule has 1 unspecified atom stereocenters. The standard InChI is InChI=1S/C16H15NO4S/c1-11-5-6-15(21-11)12-3-2-4-13(9-12)16(18)17-14-7-8-22(19,20)10-14/h2-9,14H,10H2,1H3,(H,17,18). The lowest BCUT2D eigenvalue weighted by atomic mass is 10.1. The van der Waals surface area contributed by atoms with Crippen LogP contribution in [0.5, 0.6) is 0 Å². The van der Waals surface area contributed by atoms with Crippen molar-refractivity contribution in [1.82, 2.24) is 5.32 Å². The minimum atomic E-state index is -3.18. The summed E-state index contributed by atoms with van der Waals surface area (Å²) in [4.78, 5) is 12.2. The van der Waals surface area contributed by atoms with Crippen LogP contribution in [0.3, 0.4) is 0 Å². The normalized spacial score (nSPS) is 19.2. The molecule has 3 rings (SSSR count). The van der Waals surface area contributed by atoms with Gasteiger partial charge in [0, 0.05) is 16.5 Å². The number of amides is 1. The quantitative estimate of drug-likeness (QED) is 0.942. The van der Waals surface area contributed by atoms with Crippen LogP contribution in [0.25, 0.3) is 11.3 Å². The van der Waals surface area contributed by atoms with E-state index in [-0.39, 0.29) is 11.7 Å². The number of sulfone groups is 1. The Balaban J connectivity index is 1.78. The highest BCUT2D eigenvalue weighted by molar-refractivity contribution is 7.94. The Morgan fingerprint density at radius 1 is 1.27 bits per heavy atom. The van der Waals surface area contributed by atoms with E-state index >= 15 is 0 Å². The van der Waals surface area contributed by atoms with Gasteiger partial charge >= 0.3 is 0 Å². The van der Waals surface area contributed by atoms with Gasteiger partial charge in [-0.2, -0.15) is 0 Å². The van der Waals surface area contributed by atoms with Gasteiger partial charge in [0.2, 0.25) is 0 Å². The topological polar surface area (TPSA) is 76.4 Å². The fourth-order valence-electron chi connectivity index (χ4n) is 2.32. The molecule has 1 aliphatic heterocycles. The monoisotopic (exact) mass is 317 g/mol. The molecule has 0 spiro atoms. The molecule has 1 atom stereocenters. The number of rotatable bonds is 3. The summed E-state index contributed by atoms with van der Waals surface area (Å²) in [6.07, 6.45) is 1.49. The Bertz CT molecular complexity index is 849. The Morgan fingerprint density at radius 2 is 2.09 bits per heavy atom. The molecule has 1 aliphatic rings. The molecule has 1 N–H and O–H groups in total. The second-order valence-electron chi connectivity index (χ2n) is 5.23. The van der Waals surface area contributed by atoms with Crippen LogP contribution in [0, 0.1) is 6.92 Å². The number of furan rings is 1. The van der Waals surface area contributed by atoms with E-state index in [1.54, 1.807) is 18.2 Å². The number of hydrogen-bond acceptors (Lipinski definition) is 4. The number of aryl methyl sites for hydroxylation is 1. The van der Waals surface area contributed by atoms with Gasteiger partial charge in [-0.1, -0.05) is 12.1 Å². The molecule has 0 bridgehead atoms. The summed E-state index contributed by atoms with van der Waals surface area (Å²) in [7, 11) is -3.18. The Morgan fingerprint density at radius 3 is 2.73 bits per heavy atom. The van der Waals surface area contributed by atoms with Gasteiger partial charge in [0.05, 0.1) is 11.8 Å². The number of benzene rings is 1. The van der Waals surface area contributed by atoms with Crippen LogP contribution in [-0.2, 0) is 9.84 Å². The molecule has 0 saturated heterocycles. The number of carbonyl (C=O) groups is 1. The van der Waals surface area contributed by atoms with Crippen LogP contribution in [0.1, 0.15) is 16.1 Å². The first-order valence-electron chi connectivity index (χ1n) is 6.82. The van der Waals surface area contributed by atoms with E-state index in [1.165, 1.54) is 6.08 Å². The van der Waals surface area contributed by atoms with E-state index in [0.29, 0.717) is 11.3 Å². The van der Waals surface area contributed by atoms with Gasteiger partial charge in [0.15, 0.2) is 9.84 Å². The summed E-state index contributed by atoms with van der Waals surface area (Å²) in [5.41, 5.74) is 1.26. The third-order valence-corrected chi connectivity index (χ3v) is 4.79. The molecule has 6 heteroatoms. The van der Waals surface area contributed by atoms with E-state index in [9.17, 15) is 13.2 Å². The molecule has 1 amide bonds. The molecule has 1 aromatic heterocycles. The van der Waals surface area contributed by atoms with Crippen molar-refractivity contribution in [2.45, 2.75) is 13.0 Å². The smallest absolute Gasteiger partial charge is 0.251 e. The summed E-state index contributed by atoms with van der Waals surface area (Å²) in [6, 6.07) is 10.3. The minimum absolute atomic E-state index is 0.0875. The van der Waals surface area contributed by atoms with Crippen LogP contribution < -0.4 is 5.32 Å². The maximum atomic E-state index is 12.2. The molecule has 0 fully saturated rings. The van der Waals surface area contributed by atoms with Crippen LogP contribution in [0.4, 0.5) is 0 Å². The molecular weight excluding hydrogens is 302 g/mol. The maximum absolute atomic E-state index is 12.2. The zero-order chi connectivity index (χ0) is 15.7. The Labute approximate surface area is 128 Å². The van der Waals surface area contributed by atoms with Gasteiger partial charge in [-0.15, -0.1) is 0 Å². The molecule has 0 aliphatic carbocycles. The van der Waals surface area contributed by atoms with Crippen LogP contribution in [0.15, 0.2) is 52.3 Å². The molecule has 1 aromatic carbocycles. The SMILES string of the molecule is Cc1ccc(-c2cccc(C(=O)NC3C=CS(=O)(=O)C3)c2)o1. The lowest BCUT2D eigenvalue weighted by Crippen LogP contribution is -2.35. The predicted octanol–water partition coefficient (Wildman–Crippen LogP) is 2.30. The van der Waals surface area contributed by atoms with E-state index in [2.05, 4.69) is 5.32 Å². The molecule has 5 nitrogen and oxygen atoms in total. The summed E-state index contributed by atoms with van der Waals surface area (Å²) in [5.74, 6) is 1.09. The van der Waals surface area contributed by atoms with E-state index in [1.807, 2.05) is 25.1 Å². The first-order valence-corrected chi connectivity index (χ1v) is 8.53. The van der Waals surface area contributed by atoms with E-state index in [4.69, 9.17) is 4.42 Å². The molecular formula is C16H15NO4S. The first-order chi connectivity index (χ1) is 10.4. The second kappa shape index (κ2) is 5.46. The number of hydrogen-bond donors (Lipinski definition) is 1. The second-order valence-corrected chi connectivity index (χ2v) is 7.16. The van der Waals surface area contributed by atoms with Gasteiger partial charge in [0.25, 0.3) is 5.91 Å². The van der Waals surface area contributed by atoms with E-state index in [0.717, 1.165) is 16.7 Å². The molecule has 114 valence electrons. The van der Waals surface area contributed by atoms with Crippen LogP contribution in [-0.4, -0.2) is 26.1 Å². The van der Waals surface area contributed by atoms with Crippen molar-refractivity contribution in [3.63, 3.8) is 0 Å². The highest BCUT2D eigenvalue weighted by Gasteiger charge is 2.23. The fourth-order valence-corrected chi connectivity index (χ4v) is 3.56. The van der Waals surface area contributed by atoms with Gasteiger partial charge in [-0.25, -0.2) is 8.42 Å². The third kappa shape index (κ3) is 3.12. The van der Waals surface area contributed by atoms with Crippen molar-refractivity contribution in [2.24, 2.45) is 0 Å². The summed E-state index contributed by atoms with van der Waals surface area (Å²) < 4.78 is 28.2. The molecule has 2 aromatic rings. The molecule has 0 saturated carbocycles. The largest absolute Gasteiger partial charge is 0.461 e. The number of carbonyl (C=O) groups excluding carboxylic acids is 1. The highest BCUT2D eigenvalue weighted by atomic mass is 32.2. The molecule has 0 radical (unpaired) electrons. The Hall–Kier alpha value is -2.34. The summed E-state index contributed by atoms with van der Waals surface area (Å²) in [6.45, 7) is 1.85. The zero-order valence-electron chi connectivity index (χ0n) is 11.9. The third-order valence-electron chi connectivity index (χ3n) is 3.40. The number of nitrogens with one attached hydrogen (secondary N) is 1. The highest BCUT2D eigenvalue weighted by Crippen LogP contribution is 2.23. The van der Waals surface area contributed by atoms with Crippen molar-refractivity contribution < 1.29 is 17.6 Å². The maximum Gasteiger partial charge on any atom is 0.251 e. The molecule has 2 heterocycles. The minimum Gasteiger partial charge on any atom is -0.461 e. The van der Waals surface area contributed by atoms with Crippen molar-refractivity contribution in [1.29, 1.82) is 0 Å². The van der Waals surface area contributed by atoms with Crippen molar-refractivity contribution >= 4 is 15.7 Å². The average Bonchev–Trinajstić information content (AvgIpc) is 3.05. The van der Waals surface area contributed by atoms with Crippen LogP contribution >= 0.6 is 0 Å². The van der Waals surface area contributed by atoms with Gasteiger partial charge < -0.3 is 9.73 Å². The van der Waals surface area contributed by atoms with Gasteiger partial charge in [-0.3, -0.25) is 4.79 Å². The fraction of sp³-hybridized carbons (Fsp3) is 0.188.